The van der Waals surface area contributed by atoms with Gasteiger partial charge in [0.2, 0.25) is 5.91 Å². The number of benzene rings is 2. The Balaban J connectivity index is 1.09. The first-order valence-corrected chi connectivity index (χ1v) is 17.2. The van der Waals surface area contributed by atoms with Gasteiger partial charge in [-0.05, 0) is 56.9 Å². The zero-order valence-electron chi connectivity index (χ0n) is 28.1. The number of nitrogens with zero attached hydrogens (tertiary/aromatic N) is 6. The number of amides is 1. The molecular weight excluding hydrogens is 630 g/mol. The number of ether oxygens (including phenoxy) is 1. The number of hydrogen-bond donors (Lipinski definition) is 2. The summed E-state index contributed by atoms with van der Waals surface area (Å²) in [5, 5.41) is 7.69. The second-order valence-corrected chi connectivity index (χ2v) is 13.3. The second kappa shape index (κ2) is 14.3. The number of aromatic nitrogens is 2. The van der Waals surface area contributed by atoms with Crippen molar-refractivity contribution in [3.8, 4) is 5.75 Å². The molecule has 7 rings (SSSR count). The number of methoxy groups -OCH3 is 1. The molecule has 3 saturated heterocycles. The average molecular weight is 675 g/mol. The van der Waals surface area contributed by atoms with E-state index < -0.39 is 17.7 Å². The smallest absolute Gasteiger partial charge is 0.247 e. The van der Waals surface area contributed by atoms with Crippen LogP contribution in [-0.4, -0.2) is 90.2 Å². The number of rotatable bonds is 10. The van der Waals surface area contributed by atoms with Gasteiger partial charge in [0.15, 0.2) is 5.82 Å². The Morgan fingerprint density at radius 2 is 1.78 bits per heavy atom. The maximum absolute atomic E-state index is 14.7. The second-order valence-electron chi connectivity index (χ2n) is 13.3. The normalized spacial score (nSPS) is 22.3. The minimum atomic E-state index is -0.696. The lowest BCUT2D eigenvalue weighted by molar-refractivity contribution is -0.111. The highest BCUT2D eigenvalue weighted by molar-refractivity contribution is 6.02. The maximum Gasteiger partial charge on any atom is 0.247 e. The Hall–Kier alpha value is -4.33. The van der Waals surface area contributed by atoms with Gasteiger partial charge >= 0.3 is 0 Å². The zero-order valence-corrected chi connectivity index (χ0v) is 28.1. The molecule has 2 N–H and O–H groups in total. The summed E-state index contributed by atoms with van der Waals surface area (Å²) in [6.45, 7) is 11.4. The van der Waals surface area contributed by atoms with Gasteiger partial charge in [-0.25, -0.2) is 23.8 Å². The topological polar surface area (TPSA) is 98.3 Å². The number of hydrogen-bond acceptors (Lipinski definition) is 10. The van der Waals surface area contributed by atoms with E-state index in [2.05, 4.69) is 48.8 Å². The zero-order chi connectivity index (χ0) is 34.1. The van der Waals surface area contributed by atoms with Gasteiger partial charge in [0, 0.05) is 75.0 Å². The Bertz CT molecular complexity index is 1660. The highest BCUT2D eigenvalue weighted by Gasteiger charge is 2.38. The summed E-state index contributed by atoms with van der Waals surface area (Å²) < 4.78 is 35.2. The molecule has 1 saturated carbocycles. The van der Waals surface area contributed by atoms with E-state index in [-0.39, 0.29) is 18.1 Å². The average Bonchev–Trinajstić information content (AvgIpc) is 3.84. The first-order chi connectivity index (χ1) is 23.8. The van der Waals surface area contributed by atoms with Gasteiger partial charge in [-0.15, -0.1) is 0 Å². The summed E-state index contributed by atoms with van der Waals surface area (Å²) >= 11 is 0. The van der Waals surface area contributed by atoms with Crippen molar-refractivity contribution in [3.05, 3.63) is 72.6 Å². The van der Waals surface area contributed by atoms with Crippen LogP contribution in [0.5, 0.6) is 5.75 Å². The molecule has 1 aromatic heterocycles. The quantitative estimate of drug-likeness (QED) is 0.263. The molecule has 3 aromatic rings. The molecule has 1 aliphatic carbocycles. The fourth-order valence-corrected chi connectivity index (χ4v) is 7.59. The lowest BCUT2D eigenvalue weighted by Crippen LogP contribution is -2.57. The van der Waals surface area contributed by atoms with E-state index in [1.54, 1.807) is 13.2 Å². The number of carbonyl (C=O) groups excluding carboxylic acids is 1. The van der Waals surface area contributed by atoms with Crippen LogP contribution in [0.4, 0.5) is 37.5 Å². The van der Waals surface area contributed by atoms with E-state index in [0.717, 1.165) is 57.3 Å². The van der Waals surface area contributed by atoms with Gasteiger partial charge in [0.1, 0.15) is 29.5 Å². The number of anilines is 5. The number of hydroxylamine groups is 1. The van der Waals surface area contributed by atoms with Crippen LogP contribution in [0.3, 0.4) is 0 Å². The Morgan fingerprint density at radius 1 is 1.00 bits per heavy atom. The molecule has 0 bridgehead atoms. The van der Waals surface area contributed by atoms with Crippen LogP contribution >= 0.6 is 0 Å². The molecule has 4 fully saturated rings. The maximum atomic E-state index is 14.7. The molecule has 4 aliphatic rings. The molecule has 4 heterocycles. The third kappa shape index (κ3) is 7.06. The molecule has 2 atom stereocenters. The van der Waals surface area contributed by atoms with Gasteiger partial charge in [0.05, 0.1) is 36.8 Å². The molecule has 1 amide bonds. The van der Waals surface area contributed by atoms with Crippen molar-refractivity contribution in [2.45, 2.75) is 63.2 Å². The third-order valence-electron chi connectivity index (χ3n) is 10.2. The SMILES string of the molecule is C=CC(=O)Nc1cc(Nc2cc(N3OCC[C@@H]3c3c(F)cccc3F)ncn2)c(OC)cc1N1CCC(N2CCN(C3CC3)[C@H](C)C2)CC1. The van der Waals surface area contributed by atoms with Crippen LogP contribution < -0.4 is 25.3 Å². The van der Waals surface area contributed by atoms with Crippen molar-refractivity contribution in [3.63, 3.8) is 0 Å². The molecule has 260 valence electrons. The van der Waals surface area contributed by atoms with Crippen molar-refractivity contribution < 1.29 is 23.1 Å². The summed E-state index contributed by atoms with van der Waals surface area (Å²) in [7, 11) is 1.60. The van der Waals surface area contributed by atoms with E-state index in [1.165, 1.54) is 48.5 Å². The first kappa shape index (κ1) is 33.2. The fourth-order valence-electron chi connectivity index (χ4n) is 7.59. The van der Waals surface area contributed by atoms with Gasteiger partial charge in [-0.1, -0.05) is 12.6 Å². The van der Waals surface area contributed by atoms with Gasteiger partial charge in [-0.3, -0.25) is 19.4 Å². The van der Waals surface area contributed by atoms with Crippen molar-refractivity contribution >= 4 is 34.6 Å². The van der Waals surface area contributed by atoms with Crippen LogP contribution in [0.15, 0.2) is 55.4 Å². The van der Waals surface area contributed by atoms with E-state index in [4.69, 9.17) is 9.57 Å². The van der Waals surface area contributed by atoms with E-state index in [9.17, 15) is 13.6 Å². The number of nitrogens with one attached hydrogen (secondary N) is 2. The van der Waals surface area contributed by atoms with Crippen LogP contribution in [0.2, 0.25) is 0 Å². The monoisotopic (exact) mass is 674 g/mol. The number of piperidine rings is 1. The third-order valence-corrected chi connectivity index (χ3v) is 10.2. The molecule has 0 unspecified atom stereocenters. The van der Waals surface area contributed by atoms with Gasteiger partial charge in [0.25, 0.3) is 0 Å². The molecule has 11 nitrogen and oxygen atoms in total. The molecular formula is C36H44F2N8O3. The summed E-state index contributed by atoms with van der Waals surface area (Å²) in [6.07, 6.45) is 7.75. The lowest BCUT2D eigenvalue weighted by Gasteiger charge is -2.46. The lowest BCUT2D eigenvalue weighted by atomic mass is 9.99. The predicted molar refractivity (Wildman–Crippen MR) is 185 cm³/mol. The predicted octanol–water partition coefficient (Wildman–Crippen LogP) is 5.65. The molecule has 2 aromatic carbocycles. The highest BCUT2D eigenvalue weighted by atomic mass is 19.1. The molecule has 13 heteroatoms. The van der Waals surface area contributed by atoms with Crippen LogP contribution in [-0.2, 0) is 9.63 Å². The van der Waals surface area contributed by atoms with Crippen LogP contribution in [0, 0.1) is 11.6 Å². The summed E-state index contributed by atoms with van der Waals surface area (Å²) in [6, 6.07) is 10.4. The van der Waals surface area contributed by atoms with Crippen molar-refractivity contribution in [2.75, 3.05) is 67.0 Å². The van der Waals surface area contributed by atoms with Crippen LogP contribution in [0.1, 0.15) is 50.6 Å². The Kier molecular flexibility index (Phi) is 9.66. The standard InChI is InChI=1S/C36H44F2N8O3/c1-4-35(47)42-28-18-29(41-33-20-34(40-22-39-33)46-30(12-17-49-46)36-26(37)6-5-7-27(36)38)32(48-3)19-31(28)43-13-10-24(11-14-43)44-15-16-45(23(2)21-44)25-8-9-25/h4-7,18-20,22-25,30H,1,8-17,21H2,2-3H3,(H,42,47)(H,39,40,41)/t23-,30-/m1/s1. The summed E-state index contributed by atoms with van der Waals surface area (Å²) in [5.41, 5.74) is 1.98. The Morgan fingerprint density at radius 3 is 2.47 bits per heavy atom. The highest BCUT2D eigenvalue weighted by Crippen LogP contribution is 2.41. The number of piperazine rings is 1. The van der Waals surface area contributed by atoms with E-state index in [0.29, 0.717) is 47.3 Å². The molecule has 0 spiro atoms. The largest absolute Gasteiger partial charge is 0.494 e. The first-order valence-electron chi connectivity index (χ1n) is 17.2. The fraction of sp³-hybridized carbons (Fsp3) is 0.472. The summed E-state index contributed by atoms with van der Waals surface area (Å²) in [4.78, 5) is 34.8. The van der Waals surface area contributed by atoms with Crippen molar-refractivity contribution in [2.24, 2.45) is 0 Å². The van der Waals surface area contributed by atoms with Crippen molar-refractivity contribution in [1.29, 1.82) is 0 Å². The Labute approximate surface area is 285 Å². The van der Waals surface area contributed by atoms with Gasteiger partial charge < -0.3 is 20.3 Å². The molecule has 0 radical (unpaired) electrons. The number of carbonyl (C=O) groups is 1. The van der Waals surface area contributed by atoms with Crippen LogP contribution in [0.25, 0.3) is 0 Å². The van der Waals surface area contributed by atoms with E-state index in [1.807, 2.05) is 12.1 Å². The summed E-state index contributed by atoms with van der Waals surface area (Å²) in [5.74, 6) is -0.309. The number of halogens is 2. The molecule has 49 heavy (non-hydrogen) atoms. The van der Waals surface area contributed by atoms with Gasteiger partial charge in [-0.2, -0.15) is 0 Å². The molecule has 3 aliphatic heterocycles. The minimum absolute atomic E-state index is 0.0669. The minimum Gasteiger partial charge on any atom is -0.494 e. The van der Waals surface area contributed by atoms with E-state index >= 15 is 0 Å². The van der Waals surface area contributed by atoms with Crippen molar-refractivity contribution in [1.82, 2.24) is 19.8 Å².